The number of ether oxygens (including phenoxy) is 1. The maximum atomic E-state index is 12.3. The largest absolute Gasteiger partial charge is 0.573 e. The van der Waals surface area contributed by atoms with Crippen molar-refractivity contribution in [3.05, 3.63) is 41.2 Å². The van der Waals surface area contributed by atoms with Gasteiger partial charge in [-0.1, -0.05) is 6.07 Å². The summed E-state index contributed by atoms with van der Waals surface area (Å²) in [5.41, 5.74) is 9.60. The topological polar surface area (TPSA) is 77.5 Å². The van der Waals surface area contributed by atoms with Crippen molar-refractivity contribution in [2.45, 2.75) is 38.6 Å². The van der Waals surface area contributed by atoms with Gasteiger partial charge in [-0.25, -0.2) is 4.99 Å². The molecule has 1 aromatic carbocycles. The van der Waals surface area contributed by atoms with E-state index in [1.807, 2.05) is 11.7 Å². The van der Waals surface area contributed by atoms with Gasteiger partial charge in [0.1, 0.15) is 5.75 Å². The number of aliphatic imine (C=N–C) groups is 1. The third-order valence-electron chi connectivity index (χ3n) is 4.19. The third kappa shape index (κ3) is 5.75. The normalized spacial score (nSPS) is 14.3. The molecule has 0 amide bonds. The van der Waals surface area contributed by atoms with Crippen molar-refractivity contribution in [1.82, 2.24) is 9.78 Å². The summed E-state index contributed by atoms with van der Waals surface area (Å²) >= 11 is 0. The number of rotatable bonds is 4. The lowest BCUT2D eigenvalue weighted by molar-refractivity contribution is -0.274. The van der Waals surface area contributed by atoms with Crippen LogP contribution in [0.25, 0.3) is 0 Å². The van der Waals surface area contributed by atoms with Crippen molar-refractivity contribution in [3.8, 4) is 5.75 Å². The monoisotopic (exact) mass is 495 g/mol. The first-order valence-corrected chi connectivity index (χ1v) is 8.28. The number of halogens is 4. The van der Waals surface area contributed by atoms with Crippen LogP contribution in [0.15, 0.2) is 29.3 Å². The van der Waals surface area contributed by atoms with Crippen molar-refractivity contribution >= 4 is 35.6 Å². The molecule has 6 nitrogen and oxygen atoms in total. The molecule has 27 heavy (non-hydrogen) atoms. The minimum atomic E-state index is -4.74. The van der Waals surface area contributed by atoms with E-state index in [0.717, 1.165) is 37.1 Å². The zero-order valence-electron chi connectivity index (χ0n) is 14.7. The van der Waals surface area contributed by atoms with E-state index in [9.17, 15) is 13.2 Å². The summed E-state index contributed by atoms with van der Waals surface area (Å²) in [4.78, 5) is 4.29. The van der Waals surface area contributed by atoms with Crippen LogP contribution in [0.2, 0.25) is 0 Å². The van der Waals surface area contributed by atoms with Crippen LogP contribution in [0.1, 0.15) is 29.8 Å². The lowest BCUT2D eigenvalue weighted by Gasteiger charge is -2.12. The highest BCUT2D eigenvalue weighted by molar-refractivity contribution is 14.0. The molecular weight excluding hydrogens is 474 g/mol. The van der Waals surface area contributed by atoms with E-state index in [-0.39, 0.29) is 35.7 Å². The summed E-state index contributed by atoms with van der Waals surface area (Å²) in [7, 11) is 1.88. The Morgan fingerprint density at radius 3 is 2.81 bits per heavy atom. The summed E-state index contributed by atoms with van der Waals surface area (Å²) in [5.74, 6) is -0.212. The van der Waals surface area contributed by atoms with Crippen molar-refractivity contribution in [2.75, 3.05) is 5.32 Å². The molecule has 0 atom stereocenters. The number of fused-ring (bicyclic) bond motifs is 1. The second kappa shape index (κ2) is 8.81. The lowest BCUT2D eigenvalue weighted by atomic mass is 9.96. The minimum Gasteiger partial charge on any atom is -0.406 e. The number of nitrogens with one attached hydrogen (secondary N) is 1. The number of guanidine groups is 1. The number of anilines is 1. The molecule has 10 heteroatoms. The summed E-state index contributed by atoms with van der Waals surface area (Å²) in [6.07, 6.45) is -0.496. The fourth-order valence-electron chi connectivity index (χ4n) is 3.06. The van der Waals surface area contributed by atoms with Gasteiger partial charge in [-0.2, -0.15) is 5.10 Å². The average molecular weight is 495 g/mol. The Balaban J connectivity index is 0.00000261. The van der Waals surface area contributed by atoms with Gasteiger partial charge in [-0.3, -0.25) is 4.68 Å². The lowest BCUT2D eigenvalue weighted by Crippen LogP contribution is -2.23. The first-order valence-electron chi connectivity index (χ1n) is 8.28. The van der Waals surface area contributed by atoms with Gasteiger partial charge in [0.25, 0.3) is 0 Å². The van der Waals surface area contributed by atoms with Crippen LogP contribution >= 0.6 is 24.0 Å². The number of nitrogens with two attached hydrogens (primary N) is 1. The second-order valence-electron chi connectivity index (χ2n) is 6.10. The fraction of sp³-hybridized carbons (Fsp3) is 0.412. The van der Waals surface area contributed by atoms with Crippen LogP contribution in [-0.2, 0) is 26.4 Å². The van der Waals surface area contributed by atoms with Crippen molar-refractivity contribution < 1.29 is 17.9 Å². The molecule has 0 fully saturated rings. The van der Waals surface area contributed by atoms with E-state index >= 15 is 0 Å². The molecule has 1 aromatic heterocycles. The summed E-state index contributed by atoms with van der Waals surface area (Å²) < 4.78 is 42.6. The second-order valence-corrected chi connectivity index (χ2v) is 6.10. The van der Waals surface area contributed by atoms with Crippen LogP contribution in [0, 0.1) is 0 Å². The molecule has 1 aliphatic carbocycles. The maximum Gasteiger partial charge on any atom is 0.573 e. The third-order valence-corrected chi connectivity index (χ3v) is 4.19. The molecule has 1 heterocycles. The molecule has 0 unspecified atom stereocenters. The number of aryl methyl sites for hydroxylation is 2. The van der Waals surface area contributed by atoms with Gasteiger partial charge in [0.05, 0.1) is 17.9 Å². The van der Waals surface area contributed by atoms with Gasteiger partial charge < -0.3 is 15.8 Å². The zero-order valence-corrected chi connectivity index (χ0v) is 17.0. The summed E-state index contributed by atoms with van der Waals surface area (Å²) in [5, 5.41) is 7.30. The molecule has 0 saturated carbocycles. The van der Waals surface area contributed by atoms with E-state index < -0.39 is 6.36 Å². The van der Waals surface area contributed by atoms with Gasteiger partial charge in [0.15, 0.2) is 5.96 Å². The molecule has 0 saturated heterocycles. The van der Waals surface area contributed by atoms with Gasteiger partial charge in [-0.05, 0) is 43.4 Å². The van der Waals surface area contributed by atoms with Crippen LogP contribution in [0.5, 0.6) is 5.75 Å². The van der Waals surface area contributed by atoms with Crippen molar-refractivity contribution in [1.29, 1.82) is 0 Å². The molecule has 0 bridgehead atoms. The smallest absolute Gasteiger partial charge is 0.406 e. The van der Waals surface area contributed by atoms with Gasteiger partial charge in [0, 0.05) is 18.8 Å². The number of hydrogen-bond acceptors (Lipinski definition) is 3. The Morgan fingerprint density at radius 2 is 2.07 bits per heavy atom. The zero-order chi connectivity index (χ0) is 18.7. The average Bonchev–Trinajstić information content (AvgIpc) is 2.87. The van der Waals surface area contributed by atoms with Crippen LogP contribution in [-0.4, -0.2) is 22.1 Å². The standard InChI is InChI=1S/C17H20F3N5O.HI/c1-25-15(13-7-2-3-8-14(13)24-25)10-22-16(21)23-11-5-4-6-12(9-11)26-17(18,19)20;/h4-6,9H,2-3,7-8,10H2,1H3,(H3,21,22,23);1H. The molecule has 148 valence electrons. The Hall–Kier alpha value is -1.98. The van der Waals surface area contributed by atoms with E-state index in [1.54, 1.807) is 6.07 Å². The number of alkyl halides is 3. The minimum absolute atomic E-state index is 0. The molecule has 0 radical (unpaired) electrons. The van der Waals surface area contributed by atoms with Crippen LogP contribution in [0.4, 0.5) is 18.9 Å². The number of hydrogen-bond donors (Lipinski definition) is 2. The van der Waals surface area contributed by atoms with Crippen LogP contribution in [0.3, 0.4) is 0 Å². The number of aromatic nitrogens is 2. The highest BCUT2D eigenvalue weighted by Gasteiger charge is 2.31. The molecule has 1 aliphatic rings. The predicted octanol–water partition coefficient (Wildman–Crippen LogP) is 3.74. The van der Waals surface area contributed by atoms with Gasteiger partial charge >= 0.3 is 6.36 Å². The van der Waals surface area contributed by atoms with E-state index in [2.05, 4.69) is 20.1 Å². The summed E-state index contributed by atoms with van der Waals surface area (Å²) in [6.45, 7) is 0.358. The highest BCUT2D eigenvalue weighted by Crippen LogP contribution is 2.26. The predicted molar refractivity (Wildman–Crippen MR) is 107 cm³/mol. The molecule has 3 rings (SSSR count). The summed E-state index contributed by atoms with van der Waals surface area (Å²) in [6, 6.07) is 5.45. The Bertz CT molecular complexity index is 819. The number of nitrogens with zero attached hydrogens (tertiary/aromatic N) is 3. The Labute approximate surface area is 172 Å². The molecular formula is C17H21F3IN5O. The van der Waals surface area contributed by atoms with E-state index in [4.69, 9.17) is 5.73 Å². The molecule has 0 aliphatic heterocycles. The Kier molecular flexibility index (Phi) is 6.95. The molecule has 0 spiro atoms. The fourth-order valence-corrected chi connectivity index (χ4v) is 3.06. The molecule has 3 N–H and O–H groups in total. The van der Waals surface area contributed by atoms with E-state index in [0.29, 0.717) is 12.2 Å². The SMILES string of the molecule is Cn1nc2c(c1CN=C(N)Nc1cccc(OC(F)(F)F)c1)CCCC2.I. The first kappa shape index (κ1) is 21.3. The Morgan fingerprint density at radius 1 is 1.33 bits per heavy atom. The van der Waals surface area contributed by atoms with Gasteiger partial charge in [-0.15, -0.1) is 37.1 Å². The maximum absolute atomic E-state index is 12.3. The highest BCUT2D eigenvalue weighted by atomic mass is 127. The van der Waals surface area contributed by atoms with Crippen LogP contribution < -0.4 is 15.8 Å². The van der Waals surface area contributed by atoms with E-state index in [1.165, 1.54) is 23.8 Å². The van der Waals surface area contributed by atoms with Gasteiger partial charge in [0.2, 0.25) is 0 Å². The van der Waals surface area contributed by atoms with Crippen molar-refractivity contribution in [2.24, 2.45) is 17.8 Å². The number of benzene rings is 1. The molecule has 2 aromatic rings. The first-order chi connectivity index (χ1) is 12.3. The quantitative estimate of drug-likeness (QED) is 0.385. The van der Waals surface area contributed by atoms with Crippen molar-refractivity contribution in [3.63, 3.8) is 0 Å².